The summed E-state index contributed by atoms with van der Waals surface area (Å²) in [6.45, 7) is 6.06. The lowest BCUT2D eigenvalue weighted by Gasteiger charge is -2.44. The van der Waals surface area contributed by atoms with Gasteiger partial charge in [0.05, 0.1) is 12.0 Å². The van der Waals surface area contributed by atoms with Crippen LogP contribution in [0.1, 0.15) is 24.7 Å². The molecule has 2 fully saturated rings. The van der Waals surface area contributed by atoms with Gasteiger partial charge in [-0.3, -0.25) is 9.59 Å². The van der Waals surface area contributed by atoms with Crippen LogP contribution in [0.15, 0.2) is 6.07 Å². The fourth-order valence-electron chi connectivity index (χ4n) is 3.37. The van der Waals surface area contributed by atoms with Crippen molar-refractivity contribution in [3.05, 3.63) is 17.5 Å². The van der Waals surface area contributed by atoms with Crippen LogP contribution in [0.5, 0.6) is 0 Å². The summed E-state index contributed by atoms with van der Waals surface area (Å²) in [5.74, 6) is 0.662. The molecule has 3 heterocycles. The Kier molecular flexibility index (Phi) is 4.43. The molecule has 1 unspecified atom stereocenters. The number of anilines is 1. The number of carbonyl (C=O) groups is 2. The van der Waals surface area contributed by atoms with Crippen molar-refractivity contribution < 1.29 is 9.59 Å². The van der Waals surface area contributed by atoms with Gasteiger partial charge in [-0.25, -0.2) is 9.97 Å². The van der Waals surface area contributed by atoms with Gasteiger partial charge < -0.3 is 14.7 Å². The van der Waals surface area contributed by atoms with Gasteiger partial charge in [0.1, 0.15) is 0 Å². The largest absolute Gasteiger partial charge is 0.349 e. The van der Waals surface area contributed by atoms with E-state index in [1.807, 2.05) is 17.9 Å². The predicted molar refractivity (Wildman–Crippen MR) is 90.7 cm³/mol. The Labute approximate surface area is 142 Å². The third-order valence-electron chi connectivity index (χ3n) is 4.79. The summed E-state index contributed by atoms with van der Waals surface area (Å²) in [5.41, 5.74) is 2.00. The fourth-order valence-corrected chi connectivity index (χ4v) is 3.37. The maximum Gasteiger partial charge on any atom is 0.227 e. The van der Waals surface area contributed by atoms with Crippen LogP contribution in [-0.4, -0.2) is 71.4 Å². The van der Waals surface area contributed by atoms with Crippen molar-refractivity contribution in [3.63, 3.8) is 0 Å². The molecule has 7 heteroatoms. The number of carbonyl (C=O) groups excluding carboxylic acids is 2. The molecule has 1 aromatic rings. The molecule has 0 radical (unpaired) electrons. The Morgan fingerprint density at radius 2 is 2.00 bits per heavy atom. The van der Waals surface area contributed by atoms with Crippen LogP contribution in [0.4, 0.5) is 5.95 Å². The molecule has 7 nitrogen and oxygen atoms in total. The van der Waals surface area contributed by atoms with Gasteiger partial charge in [-0.1, -0.05) is 6.92 Å². The minimum Gasteiger partial charge on any atom is -0.349 e. The zero-order valence-electron chi connectivity index (χ0n) is 14.8. The molecule has 3 rings (SSSR count). The second-order valence-electron chi connectivity index (χ2n) is 6.89. The summed E-state index contributed by atoms with van der Waals surface area (Å²) in [6.07, 6.45) is 1.21. The zero-order valence-corrected chi connectivity index (χ0v) is 14.8. The molecule has 2 saturated heterocycles. The van der Waals surface area contributed by atoms with Gasteiger partial charge in [0.25, 0.3) is 0 Å². The molecule has 0 spiro atoms. The summed E-state index contributed by atoms with van der Waals surface area (Å²) in [5, 5.41) is 0. The SMILES string of the molecule is CCc1cc(C)nc(N2CC(N3CC(C(=O)N(C)C)CC3=O)C2)n1. The summed E-state index contributed by atoms with van der Waals surface area (Å²) < 4.78 is 0. The maximum absolute atomic E-state index is 12.2. The number of rotatable bonds is 4. The third-order valence-corrected chi connectivity index (χ3v) is 4.79. The maximum atomic E-state index is 12.2. The number of aromatic nitrogens is 2. The van der Waals surface area contributed by atoms with Crippen LogP contribution in [-0.2, 0) is 16.0 Å². The molecular weight excluding hydrogens is 306 g/mol. The van der Waals surface area contributed by atoms with E-state index in [0.29, 0.717) is 13.0 Å². The van der Waals surface area contributed by atoms with Crippen molar-refractivity contribution in [2.24, 2.45) is 5.92 Å². The first-order chi connectivity index (χ1) is 11.4. The molecule has 2 amide bonds. The second kappa shape index (κ2) is 6.37. The Morgan fingerprint density at radius 3 is 2.62 bits per heavy atom. The molecule has 0 saturated carbocycles. The average molecular weight is 331 g/mol. The Bertz CT molecular complexity index is 654. The van der Waals surface area contributed by atoms with Gasteiger partial charge in [-0.05, 0) is 19.4 Å². The highest BCUT2D eigenvalue weighted by Crippen LogP contribution is 2.27. The van der Waals surface area contributed by atoms with E-state index in [-0.39, 0.29) is 23.8 Å². The lowest BCUT2D eigenvalue weighted by Crippen LogP contribution is -2.60. The topological polar surface area (TPSA) is 69.6 Å². The Hall–Kier alpha value is -2.18. The zero-order chi connectivity index (χ0) is 17.4. The summed E-state index contributed by atoms with van der Waals surface area (Å²) >= 11 is 0. The fraction of sp³-hybridized carbons (Fsp3) is 0.647. The first-order valence-electron chi connectivity index (χ1n) is 8.49. The number of likely N-dealkylation sites (tertiary alicyclic amines) is 1. The average Bonchev–Trinajstić information content (AvgIpc) is 2.86. The van der Waals surface area contributed by atoms with Gasteiger partial charge in [0.2, 0.25) is 17.8 Å². The van der Waals surface area contributed by atoms with E-state index in [1.54, 1.807) is 19.0 Å². The lowest BCUT2D eigenvalue weighted by molar-refractivity contribution is -0.133. The van der Waals surface area contributed by atoms with Crippen LogP contribution in [0.3, 0.4) is 0 Å². The highest BCUT2D eigenvalue weighted by atomic mass is 16.2. The van der Waals surface area contributed by atoms with E-state index in [4.69, 9.17) is 0 Å². The standard InChI is InChI=1S/C17H25N5O2/c1-5-13-6-11(2)18-17(19-13)21-9-14(10-21)22-8-12(7-15(22)23)16(24)20(3)4/h6,12,14H,5,7-10H2,1-4H3. The minimum atomic E-state index is -0.205. The van der Waals surface area contributed by atoms with Gasteiger partial charge >= 0.3 is 0 Å². The molecule has 130 valence electrons. The molecule has 0 N–H and O–H groups in total. The van der Waals surface area contributed by atoms with Crippen LogP contribution < -0.4 is 4.90 Å². The van der Waals surface area contributed by atoms with Gasteiger partial charge in [0.15, 0.2) is 0 Å². The summed E-state index contributed by atoms with van der Waals surface area (Å²) in [4.78, 5) is 38.9. The summed E-state index contributed by atoms with van der Waals surface area (Å²) in [6, 6.07) is 2.16. The van der Waals surface area contributed by atoms with Crippen molar-refractivity contribution in [1.82, 2.24) is 19.8 Å². The molecular formula is C17H25N5O2. The Morgan fingerprint density at radius 1 is 1.29 bits per heavy atom. The highest BCUT2D eigenvalue weighted by Gasteiger charge is 2.43. The molecule has 24 heavy (non-hydrogen) atoms. The quantitative estimate of drug-likeness (QED) is 0.802. The van der Waals surface area contributed by atoms with Crippen molar-refractivity contribution >= 4 is 17.8 Å². The van der Waals surface area contributed by atoms with E-state index in [2.05, 4.69) is 21.8 Å². The van der Waals surface area contributed by atoms with Crippen molar-refractivity contribution in [3.8, 4) is 0 Å². The molecule has 1 atom stereocenters. The van der Waals surface area contributed by atoms with Crippen LogP contribution in [0.25, 0.3) is 0 Å². The van der Waals surface area contributed by atoms with E-state index >= 15 is 0 Å². The Balaban J connectivity index is 1.62. The number of hydrogen-bond donors (Lipinski definition) is 0. The molecule has 0 bridgehead atoms. The van der Waals surface area contributed by atoms with Gasteiger partial charge in [-0.15, -0.1) is 0 Å². The first-order valence-corrected chi connectivity index (χ1v) is 8.49. The normalized spacial score (nSPS) is 21.2. The van der Waals surface area contributed by atoms with E-state index in [9.17, 15) is 9.59 Å². The lowest BCUT2D eigenvalue weighted by atomic mass is 10.1. The predicted octanol–water partition coefficient (Wildman–Crippen LogP) is 0.473. The monoisotopic (exact) mass is 331 g/mol. The molecule has 0 aromatic carbocycles. The number of nitrogens with zero attached hydrogens (tertiary/aromatic N) is 5. The van der Waals surface area contributed by atoms with E-state index in [1.165, 1.54) is 0 Å². The van der Waals surface area contributed by atoms with E-state index in [0.717, 1.165) is 36.8 Å². The van der Waals surface area contributed by atoms with Gasteiger partial charge in [0, 0.05) is 51.5 Å². The number of aryl methyl sites for hydroxylation is 2. The van der Waals surface area contributed by atoms with Crippen molar-refractivity contribution in [2.45, 2.75) is 32.7 Å². The molecule has 2 aliphatic heterocycles. The van der Waals surface area contributed by atoms with Gasteiger partial charge in [-0.2, -0.15) is 0 Å². The van der Waals surface area contributed by atoms with Crippen molar-refractivity contribution in [2.75, 3.05) is 38.6 Å². The number of hydrogen-bond acceptors (Lipinski definition) is 5. The van der Waals surface area contributed by atoms with E-state index < -0.39 is 0 Å². The number of amides is 2. The highest BCUT2D eigenvalue weighted by molar-refractivity contribution is 5.89. The van der Waals surface area contributed by atoms with Crippen molar-refractivity contribution in [1.29, 1.82) is 0 Å². The second-order valence-corrected chi connectivity index (χ2v) is 6.89. The van der Waals surface area contributed by atoms with Crippen LogP contribution in [0.2, 0.25) is 0 Å². The third kappa shape index (κ3) is 3.07. The molecule has 1 aromatic heterocycles. The smallest absolute Gasteiger partial charge is 0.227 e. The minimum absolute atomic E-state index is 0.0386. The summed E-state index contributed by atoms with van der Waals surface area (Å²) in [7, 11) is 3.47. The molecule has 2 aliphatic rings. The molecule has 0 aliphatic carbocycles. The van der Waals surface area contributed by atoms with Crippen LogP contribution >= 0.6 is 0 Å². The first kappa shape index (κ1) is 16.7. The van der Waals surface area contributed by atoms with Crippen LogP contribution in [0, 0.1) is 12.8 Å².